The van der Waals surface area contributed by atoms with Gasteiger partial charge in [-0.2, -0.15) is 0 Å². The monoisotopic (exact) mass is 627 g/mol. The standard InChI is InChI=1S/C45H29N3O/c1-3-11-30(12-4-1)31-19-21-34(22-20-31)47(36-23-25-38-40-27-32-13-7-9-17-41(32)46-45(40)49-44(38)29-36)35-24-26-43-39(28-35)37-16-8-10-18-42(37)48(43)33-14-5-2-6-15-33/h1-29H. The van der Waals surface area contributed by atoms with Crippen LogP contribution in [0.1, 0.15) is 0 Å². The molecule has 3 aromatic heterocycles. The smallest absolute Gasteiger partial charge is 0.227 e. The Morgan fingerprint density at radius 1 is 0.449 bits per heavy atom. The largest absolute Gasteiger partial charge is 0.438 e. The van der Waals surface area contributed by atoms with Crippen LogP contribution < -0.4 is 4.90 Å². The third-order valence-corrected chi connectivity index (χ3v) is 9.57. The molecule has 10 aromatic rings. The van der Waals surface area contributed by atoms with E-state index in [-0.39, 0.29) is 0 Å². The fourth-order valence-electron chi connectivity index (χ4n) is 7.27. The fourth-order valence-corrected chi connectivity index (χ4v) is 7.27. The highest BCUT2D eigenvalue weighted by atomic mass is 16.3. The first kappa shape index (κ1) is 27.5. The first-order chi connectivity index (χ1) is 24.3. The van der Waals surface area contributed by atoms with Crippen LogP contribution in [0.3, 0.4) is 0 Å². The van der Waals surface area contributed by atoms with E-state index in [1.54, 1.807) is 0 Å². The number of fused-ring (bicyclic) bond motifs is 7. The van der Waals surface area contributed by atoms with Crippen LogP contribution in [-0.4, -0.2) is 9.55 Å². The molecule has 4 heteroatoms. The molecule has 7 aromatic carbocycles. The number of hydrogen-bond acceptors (Lipinski definition) is 3. The Morgan fingerprint density at radius 3 is 1.96 bits per heavy atom. The van der Waals surface area contributed by atoms with E-state index in [1.807, 2.05) is 18.2 Å². The lowest BCUT2D eigenvalue weighted by molar-refractivity contribution is 0.656. The van der Waals surface area contributed by atoms with Gasteiger partial charge in [-0.3, -0.25) is 0 Å². The molecule has 0 aliphatic rings. The summed E-state index contributed by atoms with van der Waals surface area (Å²) in [6.07, 6.45) is 0. The lowest BCUT2D eigenvalue weighted by atomic mass is 10.0. The molecule has 0 fully saturated rings. The number of hydrogen-bond donors (Lipinski definition) is 0. The number of rotatable bonds is 5. The molecule has 0 unspecified atom stereocenters. The maximum atomic E-state index is 6.44. The number of para-hydroxylation sites is 3. The molecule has 230 valence electrons. The van der Waals surface area contributed by atoms with Crippen LogP contribution in [-0.2, 0) is 0 Å². The Bertz CT molecular complexity index is 2820. The summed E-state index contributed by atoms with van der Waals surface area (Å²) in [5.41, 5.74) is 11.4. The van der Waals surface area contributed by atoms with Gasteiger partial charge >= 0.3 is 0 Å². The van der Waals surface area contributed by atoms with Gasteiger partial charge in [0.25, 0.3) is 0 Å². The van der Waals surface area contributed by atoms with Gasteiger partial charge in [0.05, 0.1) is 16.6 Å². The molecule has 3 heterocycles. The summed E-state index contributed by atoms with van der Waals surface area (Å²) in [5.74, 6) is 0. The zero-order valence-electron chi connectivity index (χ0n) is 26.5. The van der Waals surface area contributed by atoms with Crippen LogP contribution in [0.2, 0.25) is 0 Å². The molecular weight excluding hydrogens is 599 g/mol. The second-order valence-corrected chi connectivity index (χ2v) is 12.5. The topological polar surface area (TPSA) is 34.2 Å². The van der Waals surface area contributed by atoms with Crippen LogP contribution in [0.25, 0.3) is 71.6 Å². The van der Waals surface area contributed by atoms with Gasteiger partial charge in [-0.25, -0.2) is 4.98 Å². The highest BCUT2D eigenvalue weighted by molar-refractivity contribution is 6.11. The molecule has 4 nitrogen and oxygen atoms in total. The molecular formula is C45H29N3O. The second-order valence-electron chi connectivity index (χ2n) is 12.5. The predicted octanol–water partition coefficient (Wildman–Crippen LogP) is 12.4. The number of benzene rings is 7. The highest BCUT2D eigenvalue weighted by Gasteiger charge is 2.19. The summed E-state index contributed by atoms with van der Waals surface area (Å²) >= 11 is 0. The van der Waals surface area contributed by atoms with E-state index in [0.29, 0.717) is 5.71 Å². The first-order valence-corrected chi connectivity index (χ1v) is 16.5. The van der Waals surface area contributed by atoms with Gasteiger partial charge in [-0.05, 0) is 83.9 Å². The van der Waals surface area contributed by atoms with E-state index >= 15 is 0 Å². The van der Waals surface area contributed by atoms with Crippen molar-refractivity contribution in [2.75, 3.05) is 4.90 Å². The quantitative estimate of drug-likeness (QED) is 0.190. The van der Waals surface area contributed by atoms with Crippen LogP contribution in [0.15, 0.2) is 180 Å². The van der Waals surface area contributed by atoms with Crippen molar-refractivity contribution in [1.29, 1.82) is 0 Å². The van der Waals surface area contributed by atoms with Crippen molar-refractivity contribution < 1.29 is 4.42 Å². The van der Waals surface area contributed by atoms with Gasteiger partial charge < -0.3 is 13.9 Å². The summed E-state index contributed by atoms with van der Waals surface area (Å²) in [4.78, 5) is 7.17. The maximum Gasteiger partial charge on any atom is 0.227 e. The van der Waals surface area contributed by atoms with Gasteiger partial charge in [0.1, 0.15) is 5.58 Å². The van der Waals surface area contributed by atoms with Crippen LogP contribution in [0.5, 0.6) is 0 Å². The van der Waals surface area contributed by atoms with Crippen LogP contribution in [0, 0.1) is 0 Å². The van der Waals surface area contributed by atoms with Crippen LogP contribution in [0.4, 0.5) is 17.1 Å². The third-order valence-electron chi connectivity index (χ3n) is 9.57. The summed E-state index contributed by atoms with van der Waals surface area (Å²) in [6.45, 7) is 0. The molecule has 0 aliphatic heterocycles. The average Bonchev–Trinajstić information content (AvgIpc) is 3.69. The number of furan rings is 1. The molecule has 0 aliphatic carbocycles. The normalized spacial score (nSPS) is 11.7. The zero-order chi connectivity index (χ0) is 32.3. The van der Waals surface area contributed by atoms with Crippen molar-refractivity contribution in [2.45, 2.75) is 0 Å². The molecule has 0 radical (unpaired) electrons. The Labute approximate surface area is 282 Å². The lowest BCUT2D eigenvalue weighted by Gasteiger charge is -2.26. The lowest BCUT2D eigenvalue weighted by Crippen LogP contribution is -2.09. The Balaban J connectivity index is 1.18. The maximum absolute atomic E-state index is 6.44. The molecule has 0 bridgehead atoms. The van der Waals surface area contributed by atoms with E-state index < -0.39 is 0 Å². The Hall–Kier alpha value is -6.65. The van der Waals surface area contributed by atoms with E-state index in [9.17, 15) is 0 Å². The minimum absolute atomic E-state index is 0.653. The van der Waals surface area contributed by atoms with Crippen molar-refractivity contribution in [3.8, 4) is 16.8 Å². The fraction of sp³-hybridized carbons (Fsp3) is 0. The van der Waals surface area contributed by atoms with Gasteiger partial charge in [-0.1, -0.05) is 97.1 Å². The zero-order valence-corrected chi connectivity index (χ0v) is 26.5. The molecule has 0 saturated heterocycles. The molecule has 10 rings (SSSR count). The highest BCUT2D eigenvalue weighted by Crippen LogP contribution is 2.42. The van der Waals surface area contributed by atoms with Crippen molar-refractivity contribution in [3.05, 3.63) is 176 Å². The van der Waals surface area contributed by atoms with Crippen molar-refractivity contribution in [1.82, 2.24) is 9.55 Å². The van der Waals surface area contributed by atoms with Crippen molar-refractivity contribution in [3.63, 3.8) is 0 Å². The third kappa shape index (κ3) is 4.49. The SMILES string of the molecule is c1ccc(-c2ccc(N(c3ccc4c(c3)oc3nc5ccccc5cc34)c3ccc4c(c3)c3ccccc3n4-c3ccccc3)cc2)cc1. The van der Waals surface area contributed by atoms with E-state index in [2.05, 4.69) is 167 Å². The minimum Gasteiger partial charge on any atom is -0.438 e. The van der Waals surface area contributed by atoms with E-state index in [1.165, 1.54) is 32.9 Å². The van der Waals surface area contributed by atoms with Crippen molar-refractivity contribution >= 4 is 71.8 Å². The van der Waals surface area contributed by atoms with Crippen LogP contribution >= 0.6 is 0 Å². The Morgan fingerprint density at radius 2 is 1.10 bits per heavy atom. The van der Waals surface area contributed by atoms with E-state index in [4.69, 9.17) is 9.40 Å². The molecule has 0 spiro atoms. The number of anilines is 3. The summed E-state index contributed by atoms with van der Waals surface area (Å²) in [7, 11) is 0. The van der Waals surface area contributed by atoms with E-state index in [0.717, 1.165) is 50.0 Å². The summed E-state index contributed by atoms with van der Waals surface area (Å²) in [5, 5.41) is 5.59. The summed E-state index contributed by atoms with van der Waals surface area (Å²) < 4.78 is 8.79. The number of aromatic nitrogens is 2. The van der Waals surface area contributed by atoms with Gasteiger partial charge in [-0.15, -0.1) is 0 Å². The minimum atomic E-state index is 0.653. The van der Waals surface area contributed by atoms with Crippen molar-refractivity contribution in [2.24, 2.45) is 0 Å². The summed E-state index contributed by atoms with van der Waals surface area (Å²) in [6, 6.07) is 62.2. The predicted molar refractivity (Wildman–Crippen MR) is 203 cm³/mol. The van der Waals surface area contributed by atoms with Gasteiger partial charge in [0, 0.05) is 55.7 Å². The molecule has 0 atom stereocenters. The van der Waals surface area contributed by atoms with Gasteiger partial charge in [0.15, 0.2) is 0 Å². The molecule has 49 heavy (non-hydrogen) atoms. The second kappa shape index (κ2) is 11.0. The molecule has 0 amide bonds. The average molecular weight is 628 g/mol. The number of nitrogens with zero attached hydrogens (tertiary/aromatic N) is 3. The van der Waals surface area contributed by atoms with Gasteiger partial charge in [0.2, 0.25) is 5.71 Å². The first-order valence-electron chi connectivity index (χ1n) is 16.5. The molecule has 0 saturated carbocycles. The Kier molecular flexibility index (Phi) is 6.15. The number of pyridine rings is 1. The molecule has 0 N–H and O–H groups in total.